The molecular weight excluding hydrogens is 336 g/mol. The first-order chi connectivity index (χ1) is 13.1. The van der Waals surface area contributed by atoms with E-state index >= 15 is 0 Å². The third-order valence-corrected chi connectivity index (χ3v) is 4.48. The topological polar surface area (TPSA) is 59.3 Å². The highest BCUT2D eigenvalue weighted by Gasteiger charge is 2.20. The van der Waals surface area contributed by atoms with Crippen molar-refractivity contribution in [3.8, 4) is 11.3 Å². The normalized spacial score (nSPS) is 10.9. The van der Waals surface area contributed by atoms with Crippen molar-refractivity contribution in [3.05, 3.63) is 89.5 Å². The van der Waals surface area contributed by atoms with E-state index in [9.17, 15) is 4.79 Å². The number of benzene rings is 1. The summed E-state index contributed by atoms with van der Waals surface area (Å²) in [5.41, 5.74) is 6.09. The number of hydrogen-bond donors (Lipinski definition) is 1. The third kappa shape index (κ3) is 3.44. The van der Waals surface area contributed by atoms with Crippen LogP contribution in [0.5, 0.6) is 0 Å². The minimum atomic E-state index is -0.160. The predicted octanol–water partition coefficient (Wildman–Crippen LogP) is 3.94. The number of aromatic nitrogens is 3. The summed E-state index contributed by atoms with van der Waals surface area (Å²) in [5.74, 6) is -0.160. The lowest BCUT2D eigenvalue weighted by atomic mass is 10.1. The number of fused-ring (bicyclic) bond motifs is 1. The summed E-state index contributed by atoms with van der Waals surface area (Å²) in [6, 6.07) is 15.8. The quantitative estimate of drug-likeness (QED) is 0.602. The van der Waals surface area contributed by atoms with Crippen molar-refractivity contribution in [3.63, 3.8) is 0 Å². The molecule has 0 spiro atoms. The predicted molar refractivity (Wildman–Crippen MR) is 106 cm³/mol. The molecule has 1 aromatic carbocycles. The Bertz CT molecular complexity index is 1100. The van der Waals surface area contributed by atoms with E-state index < -0.39 is 0 Å². The highest BCUT2D eigenvalue weighted by atomic mass is 16.1. The number of hydrogen-bond acceptors (Lipinski definition) is 3. The van der Waals surface area contributed by atoms with Gasteiger partial charge < -0.3 is 5.32 Å². The fourth-order valence-electron chi connectivity index (χ4n) is 3.05. The maximum Gasteiger partial charge on any atom is 0.270 e. The van der Waals surface area contributed by atoms with Gasteiger partial charge in [0.25, 0.3) is 5.91 Å². The van der Waals surface area contributed by atoms with Crippen molar-refractivity contribution >= 4 is 11.6 Å². The van der Waals surface area contributed by atoms with Gasteiger partial charge in [0.05, 0.1) is 0 Å². The molecule has 0 unspecified atom stereocenters. The molecule has 0 saturated heterocycles. The molecule has 4 rings (SSSR count). The van der Waals surface area contributed by atoms with Crippen molar-refractivity contribution in [2.24, 2.45) is 0 Å². The van der Waals surface area contributed by atoms with Gasteiger partial charge in [-0.3, -0.25) is 14.2 Å². The molecule has 3 heterocycles. The molecule has 1 N–H and O–H groups in total. The van der Waals surface area contributed by atoms with Crippen LogP contribution in [0.4, 0.5) is 0 Å². The number of carbonyl (C=O) groups is 1. The van der Waals surface area contributed by atoms with Gasteiger partial charge in [0.2, 0.25) is 0 Å². The Kier molecular flexibility index (Phi) is 4.42. The largest absolute Gasteiger partial charge is 0.347 e. The molecule has 0 bridgehead atoms. The zero-order valence-electron chi connectivity index (χ0n) is 15.3. The number of amides is 1. The SMILES string of the molecule is Cc1ccc(-c2nc3ccc(C)cn3c2C(=O)NCc2cccnc2)cc1. The van der Waals surface area contributed by atoms with Crippen LogP contribution in [-0.4, -0.2) is 20.3 Å². The Morgan fingerprint density at radius 3 is 2.56 bits per heavy atom. The second kappa shape index (κ2) is 7.03. The van der Waals surface area contributed by atoms with Crippen LogP contribution < -0.4 is 5.32 Å². The Morgan fingerprint density at radius 2 is 1.81 bits per heavy atom. The number of nitrogens with zero attached hydrogens (tertiary/aromatic N) is 3. The zero-order chi connectivity index (χ0) is 18.8. The van der Waals surface area contributed by atoms with E-state index in [0.29, 0.717) is 17.9 Å². The molecular formula is C22H20N4O. The minimum absolute atomic E-state index is 0.160. The van der Waals surface area contributed by atoms with Gasteiger partial charge in [-0.05, 0) is 37.1 Å². The summed E-state index contributed by atoms with van der Waals surface area (Å²) in [5, 5.41) is 2.99. The number of aryl methyl sites for hydroxylation is 2. The third-order valence-electron chi connectivity index (χ3n) is 4.48. The van der Waals surface area contributed by atoms with Gasteiger partial charge in [-0.1, -0.05) is 42.0 Å². The van der Waals surface area contributed by atoms with E-state index in [0.717, 1.165) is 22.3 Å². The van der Waals surface area contributed by atoms with Crippen molar-refractivity contribution in [2.75, 3.05) is 0 Å². The number of nitrogens with one attached hydrogen (secondary N) is 1. The molecule has 0 atom stereocenters. The number of rotatable bonds is 4. The number of imidazole rings is 1. The number of carbonyl (C=O) groups excluding carboxylic acids is 1. The standard InChI is InChI=1S/C22H20N4O/c1-15-5-8-18(9-6-15)20-21(26-14-16(2)7-10-19(26)25-20)22(27)24-13-17-4-3-11-23-12-17/h3-12,14H,13H2,1-2H3,(H,24,27). The van der Waals surface area contributed by atoms with Gasteiger partial charge in [-0.2, -0.15) is 0 Å². The van der Waals surface area contributed by atoms with Gasteiger partial charge in [0.15, 0.2) is 0 Å². The van der Waals surface area contributed by atoms with E-state index in [2.05, 4.69) is 10.3 Å². The molecule has 1 amide bonds. The lowest BCUT2D eigenvalue weighted by Crippen LogP contribution is -2.25. The zero-order valence-corrected chi connectivity index (χ0v) is 15.3. The average Bonchev–Trinajstić information content (AvgIpc) is 3.06. The number of pyridine rings is 2. The fourth-order valence-corrected chi connectivity index (χ4v) is 3.05. The first-order valence-electron chi connectivity index (χ1n) is 8.84. The molecule has 3 aromatic heterocycles. The monoisotopic (exact) mass is 356 g/mol. The van der Waals surface area contributed by atoms with E-state index in [4.69, 9.17) is 4.98 Å². The van der Waals surface area contributed by atoms with E-state index in [-0.39, 0.29) is 5.91 Å². The minimum Gasteiger partial charge on any atom is -0.347 e. The molecule has 134 valence electrons. The molecule has 5 heteroatoms. The highest BCUT2D eigenvalue weighted by molar-refractivity contribution is 5.99. The Labute approximate surface area is 157 Å². The lowest BCUT2D eigenvalue weighted by Gasteiger charge is -2.08. The van der Waals surface area contributed by atoms with Crippen molar-refractivity contribution < 1.29 is 4.79 Å². The van der Waals surface area contributed by atoms with Crippen LogP contribution in [0.2, 0.25) is 0 Å². The van der Waals surface area contributed by atoms with Crippen LogP contribution in [0.15, 0.2) is 67.1 Å². The van der Waals surface area contributed by atoms with Gasteiger partial charge in [0, 0.05) is 30.7 Å². The average molecular weight is 356 g/mol. The van der Waals surface area contributed by atoms with Gasteiger partial charge in [-0.25, -0.2) is 4.98 Å². The van der Waals surface area contributed by atoms with E-state index in [1.54, 1.807) is 12.4 Å². The van der Waals surface area contributed by atoms with Crippen LogP contribution in [0, 0.1) is 13.8 Å². The summed E-state index contributed by atoms with van der Waals surface area (Å²) >= 11 is 0. The van der Waals surface area contributed by atoms with Gasteiger partial charge in [-0.15, -0.1) is 0 Å². The summed E-state index contributed by atoms with van der Waals surface area (Å²) < 4.78 is 1.86. The molecule has 0 fully saturated rings. The second-order valence-electron chi connectivity index (χ2n) is 6.65. The summed E-state index contributed by atoms with van der Waals surface area (Å²) in [4.78, 5) is 21.9. The van der Waals surface area contributed by atoms with Crippen LogP contribution in [0.3, 0.4) is 0 Å². The Balaban J connectivity index is 1.76. The van der Waals surface area contributed by atoms with Gasteiger partial charge in [0.1, 0.15) is 17.0 Å². The maximum atomic E-state index is 13.1. The van der Waals surface area contributed by atoms with Gasteiger partial charge >= 0.3 is 0 Å². The van der Waals surface area contributed by atoms with E-state index in [1.807, 2.05) is 73.0 Å². The molecule has 0 saturated carbocycles. The summed E-state index contributed by atoms with van der Waals surface area (Å²) in [6.07, 6.45) is 5.41. The maximum absolute atomic E-state index is 13.1. The fraction of sp³-hybridized carbons (Fsp3) is 0.136. The lowest BCUT2D eigenvalue weighted by molar-refractivity contribution is 0.0945. The molecule has 0 radical (unpaired) electrons. The van der Waals surface area contributed by atoms with E-state index in [1.165, 1.54) is 5.56 Å². The van der Waals surface area contributed by atoms with Crippen molar-refractivity contribution in [1.29, 1.82) is 0 Å². The molecule has 0 aliphatic rings. The molecule has 0 aliphatic carbocycles. The van der Waals surface area contributed by atoms with Crippen LogP contribution >= 0.6 is 0 Å². The first kappa shape index (κ1) is 17.0. The first-order valence-corrected chi connectivity index (χ1v) is 8.84. The highest BCUT2D eigenvalue weighted by Crippen LogP contribution is 2.25. The summed E-state index contributed by atoms with van der Waals surface area (Å²) in [7, 11) is 0. The second-order valence-corrected chi connectivity index (χ2v) is 6.65. The smallest absolute Gasteiger partial charge is 0.270 e. The molecule has 4 aromatic rings. The van der Waals surface area contributed by atoms with Crippen molar-refractivity contribution in [1.82, 2.24) is 19.7 Å². The summed E-state index contributed by atoms with van der Waals surface area (Å²) in [6.45, 7) is 4.46. The van der Waals surface area contributed by atoms with Crippen molar-refractivity contribution in [2.45, 2.75) is 20.4 Å². The van der Waals surface area contributed by atoms with Crippen LogP contribution in [0.25, 0.3) is 16.9 Å². The van der Waals surface area contributed by atoms with Crippen LogP contribution in [0.1, 0.15) is 27.2 Å². The Hall–Kier alpha value is -3.47. The molecule has 27 heavy (non-hydrogen) atoms. The van der Waals surface area contributed by atoms with Crippen LogP contribution in [-0.2, 0) is 6.54 Å². The Morgan fingerprint density at radius 1 is 1.04 bits per heavy atom. The molecule has 5 nitrogen and oxygen atoms in total. The molecule has 0 aliphatic heterocycles.